The molecular weight excluding hydrogens is 758 g/mol. The third-order valence-electron chi connectivity index (χ3n) is 8.77. The minimum absolute atomic E-state index is 1.78. The van der Waals surface area contributed by atoms with E-state index in [2.05, 4.69) is 0 Å². The van der Waals surface area contributed by atoms with Crippen LogP contribution in [-0.2, 0) is 0 Å². The minimum Gasteiger partial charge on any atom is -0.236 e. The monoisotopic (exact) mass is 760 g/mol. The maximum atomic E-state index is 16.0. The van der Waals surface area contributed by atoms with Crippen molar-refractivity contribution in [2.45, 2.75) is 82.1 Å². The van der Waals surface area contributed by atoms with Gasteiger partial charge in [0.2, 0.25) is 0 Å². The van der Waals surface area contributed by atoms with Crippen LogP contribution in [0.4, 0.5) is 114 Å². The molecule has 0 radical (unpaired) electrons. The summed E-state index contributed by atoms with van der Waals surface area (Å²) in [6.07, 6.45) is -6.76. The molecule has 0 saturated heterocycles. The fourth-order valence-corrected chi connectivity index (χ4v) is 6.23. The molecule has 5 aliphatic carbocycles. The van der Waals surface area contributed by atoms with Gasteiger partial charge >= 0.3 is 53.3 Å². The van der Waals surface area contributed by atoms with E-state index in [1.54, 1.807) is 0 Å². The van der Waals surface area contributed by atoms with E-state index in [4.69, 9.17) is 0 Å². The first-order valence-corrected chi connectivity index (χ1v) is 11.6. The summed E-state index contributed by atoms with van der Waals surface area (Å²) in [6.45, 7) is 0. The van der Waals surface area contributed by atoms with Crippen molar-refractivity contribution in [3.05, 3.63) is 45.8 Å². The van der Waals surface area contributed by atoms with Crippen molar-refractivity contribution in [3.8, 4) is 0 Å². The lowest BCUT2D eigenvalue weighted by atomic mass is 9.51. The maximum Gasteiger partial charge on any atom is 0.382 e. The second kappa shape index (κ2) is 8.19. The zero-order valence-corrected chi connectivity index (χ0v) is 21.0. The molecule has 0 nitrogen and oxygen atoms in total. The summed E-state index contributed by atoms with van der Waals surface area (Å²) in [5.74, 6) is -88.2. The summed E-state index contributed by atoms with van der Waals surface area (Å²) in [5.41, 5.74) is -51.4. The molecule has 272 valence electrons. The highest BCUT2D eigenvalue weighted by Gasteiger charge is 3.06. The number of hydrogen-bond acceptors (Lipinski definition) is 0. The Hall–Kier alpha value is -2.86. The first-order valence-electron chi connectivity index (χ1n) is 11.6. The van der Waals surface area contributed by atoms with Crippen molar-refractivity contribution in [2.75, 3.05) is 0 Å². The van der Waals surface area contributed by atoms with Gasteiger partial charge in [0.25, 0.3) is 22.7 Å². The average molecular weight is 760 g/mol. The van der Waals surface area contributed by atoms with E-state index >= 15 is 57.1 Å². The Labute approximate surface area is 243 Å². The van der Waals surface area contributed by atoms with Crippen LogP contribution in [0.3, 0.4) is 0 Å². The summed E-state index contributed by atoms with van der Waals surface area (Å²) >= 11 is 0. The van der Waals surface area contributed by atoms with E-state index in [1.165, 1.54) is 0 Å². The van der Waals surface area contributed by atoms with Gasteiger partial charge in [0, 0.05) is 5.57 Å². The zero-order chi connectivity index (χ0) is 37.8. The lowest BCUT2D eigenvalue weighted by Gasteiger charge is -2.61. The Morgan fingerprint density at radius 2 is 0.750 bits per heavy atom. The van der Waals surface area contributed by atoms with Crippen LogP contribution in [0.25, 0.3) is 0 Å². The van der Waals surface area contributed by atoms with Crippen molar-refractivity contribution in [2.24, 2.45) is 0 Å². The Morgan fingerprint density at radius 3 is 1.19 bits per heavy atom. The second-order valence-corrected chi connectivity index (χ2v) is 10.9. The molecule has 5 aliphatic rings. The van der Waals surface area contributed by atoms with E-state index < -0.39 is 128 Å². The Bertz CT molecular complexity index is 1670. The Kier molecular flexibility index (Phi) is 6.22. The maximum absolute atomic E-state index is 16.0. The molecule has 0 N–H and O–H groups in total. The van der Waals surface area contributed by atoms with Gasteiger partial charge in [0.1, 0.15) is 17.5 Å². The van der Waals surface area contributed by atoms with Crippen LogP contribution < -0.4 is 0 Å². The van der Waals surface area contributed by atoms with Gasteiger partial charge in [-0.25, -0.2) is 35.1 Å². The normalized spacial score (nSPS) is 43.5. The average Bonchev–Trinajstić information content (AvgIpc) is 2.90. The van der Waals surface area contributed by atoms with Gasteiger partial charge in [0.15, 0.2) is 6.17 Å². The molecule has 0 bridgehead atoms. The van der Waals surface area contributed by atoms with Crippen LogP contribution in [0, 0.1) is 0 Å². The van der Waals surface area contributed by atoms with Crippen molar-refractivity contribution >= 4 is 0 Å². The number of halogens is 26. The molecule has 0 aromatic carbocycles. The molecule has 0 aromatic heterocycles. The first kappa shape index (κ1) is 36.4. The minimum atomic E-state index is -8.87. The predicted molar refractivity (Wildman–Crippen MR) is 97.3 cm³/mol. The van der Waals surface area contributed by atoms with Gasteiger partial charge in [-0.2, -0.15) is 79.0 Å². The van der Waals surface area contributed by atoms with E-state index in [0.717, 1.165) is 0 Å². The van der Waals surface area contributed by atoms with Crippen molar-refractivity contribution in [1.82, 2.24) is 0 Å². The van der Waals surface area contributed by atoms with Crippen molar-refractivity contribution < 1.29 is 114 Å². The smallest absolute Gasteiger partial charge is 0.236 e. The molecule has 0 amide bonds. The van der Waals surface area contributed by atoms with E-state index in [1.807, 2.05) is 0 Å². The summed E-state index contributed by atoms with van der Waals surface area (Å²) in [5, 5.41) is 0. The highest BCUT2D eigenvalue weighted by atomic mass is 19.4. The van der Waals surface area contributed by atoms with E-state index in [0.29, 0.717) is 0 Å². The zero-order valence-electron chi connectivity index (χ0n) is 21.0. The molecule has 5 unspecified atom stereocenters. The molecule has 5 rings (SSSR count). The Morgan fingerprint density at radius 1 is 0.375 bits per heavy atom. The van der Waals surface area contributed by atoms with E-state index in [9.17, 15) is 57.1 Å². The summed E-state index contributed by atoms with van der Waals surface area (Å²) < 4.78 is 386. The highest BCUT2D eigenvalue weighted by molar-refractivity contribution is 5.70. The highest BCUT2D eigenvalue weighted by Crippen LogP contribution is 2.81. The lowest BCUT2D eigenvalue weighted by Crippen LogP contribution is -2.88. The fourth-order valence-electron chi connectivity index (χ4n) is 6.23. The predicted octanol–water partition coefficient (Wildman–Crippen LogP) is 9.54. The van der Waals surface area contributed by atoms with Crippen molar-refractivity contribution in [3.63, 3.8) is 0 Å². The third-order valence-corrected chi connectivity index (χ3v) is 8.77. The molecule has 0 aliphatic heterocycles. The SMILES string of the molecule is FC1=C2C(F)(F)C(F)(F)C(F)(F)C(F)(F)C2(F)C(F)(F)C2(F)C1=C(F)C1=C(F)C3=CC(F)C(F)(F)C(F)(F)C3(F)C(F)(F)C1(F)C2(F)F. The lowest BCUT2D eigenvalue weighted by molar-refractivity contribution is -0.443. The van der Waals surface area contributed by atoms with E-state index in [-0.39, 0.29) is 0 Å². The van der Waals surface area contributed by atoms with Gasteiger partial charge in [-0.3, -0.25) is 0 Å². The van der Waals surface area contributed by atoms with Gasteiger partial charge in [-0.05, 0) is 6.08 Å². The van der Waals surface area contributed by atoms with Crippen LogP contribution in [0.2, 0.25) is 0 Å². The summed E-state index contributed by atoms with van der Waals surface area (Å²) in [4.78, 5) is 0. The molecule has 26 heteroatoms. The number of allylic oxidation sites excluding steroid dienone is 8. The van der Waals surface area contributed by atoms with Gasteiger partial charge in [0.05, 0.1) is 16.7 Å². The molecular formula is C22H2F26. The largest absolute Gasteiger partial charge is 0.382 e. The molecule has 1 fully saturated rings. The molecule has 0 heterocycles. The van der Waals surface area contributed by atoms with Gasteiger partial charge in [-0.15, -0.1) is 0 Å². The van der Waals surface area contributed by atoms with Crippen LogP contribution in [-0.4, -0.2) is 82.1 Å². The van der Waals surface area contributed by atoms with Gasteiger partial charge in [-0.1, -0.05) is 0 Å². The standard InChI is InChI=1S/C22H2F26/c23-3-1-2-6(24)4-7(25)5-8(26)9-13(30,20(43,44)22(47,48)21(45,46)15(9,33)34)18(39,40)12(5,29)17(37,38)11(4,28)16(35,36)10(2,27)19(41,42)14(3,31)32/h1,3H. The molecule has 0 spiro atoms. The van der Waals surface area contributed by atoms with Crippen LogP contribution >= 0.6 is 0 Å². The Balaban J connectivity index is 2.10. The number of fused-ring (bicyclic) bond motifs is 4. The summed E-state index contributed by atoms with van der Waals surface area (Å²) in [6, 6.07) is 0. The summed E-state index contributed by atoms with van der Waals surface area (Å²) in [7, 11) is 0. The van der Waals surface area contributed by atoms with Gasteiger partial charge < -0.3 is 0 Å². The fraction of sp³-hybridized carbons (Fsp3) is 0.636. The topological polar surface area (TPSA) is 0 Å². The van der Waals surface area contributed by atoms with Crippen LogP contribution in [0.15, 0.2) is 45.8 Å². The third kappa shape index (κ3) is 2.68. The number of rotatable bonds is 0. The second-order valence-electron chi connectivity index (χ2n) is 10.9. The van der Waals surface area contributed by atoms with Crippen molar-refractivity contribution in [1.29, 1.82) is 0 Å². The quantitative estimate of drug-likeness (QED) is 0.216. The molecule has 48 heavy (non-hydrogen) atoms. The molecule has 0 aromatic rings. The number of alkyl halides is 23. The first-order chi connectivity index (χ1) is 20.9. The van der Waals surface area contributed by atoms with Crippen LogP contribution in [0.1, 0.15) is 0 Å². The van der Waals surface area contributed by atoms with Crippen LogP contribution in [0.5, 0.6) is 0 Å². The number of hydrogen-bond donors (Lipinski definition) is 0. The molecule has 5 atom stereocenters. The molecule has 1 saturated carbocycles.